The molecule has 0 amide bonds. The lowest BCUT2D eigenvalue weighted by Gasteiger charge is -2.40. The molecule has 0 aliphatic carbocycles. The molecule has 1 fully saturated rings. The number of benzene rings is 1. The zero-order chi connectivity index (χ0) is 16.4. The van der Waals surface area contributed by atoms with Crippen molar-refractivity contribution in [2.75, 3.05) is 32.2 Å². The molecule has 3 rings (SSSR count). The molecule has 8 heteroatoms. The van der Waals surface area contributed by atoms with Gasteiger partial charge in [-0.25, -0.2) is 4.90 Å². The molecule has 1 saturated heterocycles. The van der Waals surface area contributed by atoms with Gasteiger partial charge in [0.2, 0.25) is 0 Å². The van der Waals surface area contributed by atoms with E-state index in [1.54, 1.807) is 0 Å². The molecule has 23 heavy (non-hydrogen) atoms. The molecule has 0 bridgehead atoms. The van der Waals surface area contributed by atoms with Crippen molar-refractivity contribution in [2.24, 2.45) is 0 Å². The molecule has 0 radical (unpaired) electrons. The summed E-state index contributed by atoms with van der Waals surface area (Å²) in [5.74, 6) is 3.07. The number of aromatic nitrogens is 1. The Morgan fingerprint density at radius 1 is 1.61 bits per heavy atom. The molecule has 122 valence electrons. The first kappa shape index (κ1) is 17.1. The smallest absolute Gasteiger partial charge is 0.289 e. The Kier molecular flexibility index (Phi) is 5.23. The highest BCUT2D eigenvalue weighted by molar-refractivity contribution is 9.10. The summed E-state index contributed by atoms with van der Waals surface area (Å²) in [6, 6.07) is 5.79. The molecular formula is C15H16BrClN4OS. The van der Waals surface area contributed by atoms with E-state index in [1.807, 2.05) is 23.1 Å². The zero-order valence-corrected chi connectivity index (χ0v) is 15.5. The maximum absolute atomic E-state index is 13.6. The summed E-state index contributed by atoms with van der Waals surface area (Å²) in [6.07, 6.45) is 5.08. The number of alkyl halides is 1. The zero-order valence-electron chi connectivity index (χ0n) is 12.3. The first-order valence-electron chi connectivity index (χ1n) is 7.18. The largest absolute Gasteiger partial charge is 0.623 e. The van der Waals surface area contributed by atoms with E-state index in [4.69, 9.17) is 18.0 Å². The van der Waals surface area contributed by atoms with Gasteiger partial charge in [-0.3, -0.25) is 9.96 Å². The Morgan fingerprint density at radius 2 is 2.43 bits per heavy atom. The summed E-state index contributed by atoms with van der Waals surface area (Å²) in [4.78, 5) is 6.55. The second kappa shape index (κ2) is 7.03. The van der Waals surface area contributed by atoms with Crippen LogP contribution in [0, 0.1) is 17.6 Å². The molecule has 2 atom stereocenters. The summed E-state index contributed by atoms with van der Waals surface area (Å²) in [5, 5.41) is 17.3. The third kappa shape index (κ3) is 3.26. The van der Waals surface area contributed by atoms with Crippen molar-refractivity contribution in [2.45, 2.75) is 6.17 Å². The van der Waals surface area contributed by atoms with E-state index in [2.05, 4.69) is 32.2 Å². The van der Waals surface area contributed by atoms with E-state index in [-0.39, 0.29) is 6.17 Å². The Labute approximate surface area is 152 Å². The average molecular weight is 416 g/mol. The van der Waals surface area contributed by atoms with Crippen LogP contribution in [0.5, 0.6) is 0 Å². The van der Waals surface area contributed by atoms with E-state index in [9.17, 15) is 5.21 Å². The first-order valence-corrected chi connectivity index (χ1v) is 9.32. The van der Waals surface area contributed by atoms with Crippen LogP contribution >= 0.6 is 38.9 Å². The molecule has 1 aliphatic rings. The van der Waals surface area contributed by atoms with Gasteiger partial charge in [-0.1, -0.05) is 23.3 Å². The molecule has 2 heterocycles. The van der Waals surface area contributed by atoms with E-state index >= 15 is 0 Å². The number of quaternary nitrogens is 1. The minimum atomic E-state index is -0.537. The minimum Gasteiger partial charge on any atom is -0.623 e. The fourth-order valence-corrected chi connectivity index (χ4v) is 4.52. The second-order valence-corrected chi connectivity index (χ2v) is 7.61. The van der Waals surface area contributed by atoms with Gasteiger partial charge < -0.3 is 5.21 Å². The summed E-state index contributed by atoms with van der Waals surface area (Å²) < 4.78 is 1.40. The number of thiazole rings is 1. The predicted octanol–water partition coefficient (Wildman–Crippen LogP) is 2.92. The van der Waals surface area contributed by atoms with Gasteiger partial charge in [0.05, 0.1) is 23.3 Å². The van der Waals surface area contributed by atoms with Gasteiger partial charge in [0.15, 0.2) is 6.17 Å². The lowest BCUT2D eigenvalue weighted by Crippen LogP contribution is -2.56. The molecular weight excluding hydrogens is 400 g/mol. The lowest BCUT2D eigenvalue weighted by molar-refractivity contribution is 0.286. The van der Waals surface area contributed by atoms with Crippen molar-refractivity contribution in [1.82, 2.24) is 19.8 Å². The summed E-state index contributed by atoms with van der Waals surface area (Å²) in [7, 11) is 0. The minimum absolute atomic E-state index is 0.293. The number of halogens is 2. The van der Waals surface area contributed by atoms with Crippen LogP contribution in [0.1, 0.15) is 0 Å². The SMILES string of the molecule is C#CCN1CC(NCCCl)[N+]([O-])(c2nc3cccc(Br)c3s2)C1. The molecule has 1 N–H and O–H groups in total. The van der Waals surface area contributed by atoms with Crippen molar-refractivity contribution < 1.29 is 0 Å². The monoisotopic (exact) mass is 414 g/mol. The van der Waals surface area contributed by atoms with Gasteiger partial charge in [-0.2, -0.15) is 4.98 Å². The maximum atomic E-state index is 13.6. The number of terminal acetylenes is 1. The maximum Gasteiger partial charge on any atom is 0.289 e. The van der Waals surface area contributed by atoms with Crippen LogP contribution in [-0.4, -0.2) is 48.2 Å². The van der Waals surface area contributed by atoms with Crippen LogP contribution in [0.15, 0.2) is 22.7 Å². The summed E-state index contributed by atoms with van der Waals surface area (Å²) in [6.45, 7) is 1.91. The Balaban J connectivity index is 1.97. The fraction of sp³-hybridized carbons (Fsp3) is 0.400. The highest BCUT2D eigenvalue weighted by Gasteiger charge is 2.43. The third-order valence-corrected chi connectivity index (χ3v) is 6.14. The lowest BCUT2D eigenvalue weighted by atomic mass is 10.3. The number of nitrogens with zero attached hydrogens (tertiary/aromatic N) is 3. The highest BCUT2D eigenvalue weighted by Crippen LogP contribution is 2.39. The van der Waals surface area contributed by atoms with Gasteiger partial charge in [-0.05, 0) is 28.1 Å². The summed E-state index contributed by atoms with van der Waals surface area (Å²) >= 11 is 10.7. The number of hydroxylamine groups is 2. The van der Waals surface area contributed by atoms with Crippen LogP contribution in [0.3, 0.4) is 0 Å². The van der Waals surface area contributed by atoms with E-state index in [0.717, 1.165) is 14.7 Å². The quantitative estimate of drug-likeness (QED) is 0.353. The molecule has 2 aromatic rings. The Hall–Kier alpha value is -0.720. The van der Waals surface area contributed by atoms with Crippen LogP contribution in [-0.2, 0) is 0 Å². The fourth-order valence-electron chi connectivity index (χ4n) is 2.77. The first-order chi connectivity index (χ1) is 11.1. The normalized spacial score (nSPS) is 25.0. The van der Waals surface area contributed by atoms with Gasteiger partial charge in [-0.15, -0.1) is 18.0 Å². The van der Waals surface area contributed by atoms with E-state index in [1.165, 1.54) is 11.3 Å². The molecule has 0 saturated carbocycles. The standard InChI is InChI=1S/C15H16BrClN4OS/c1-2-8-20-9-13(18-7-6-17)21(22,10-20)15-19-12-5-3-4-11(16)14(12)23-15/h1,3-5,13,18H,6-10H2. The number of fused-ring (bicyclic) bond motifs is 1. The summed E-state index contributed by atoms with van der Waals surface area (Å²) in [5.41, 5.74) is 0.833. The van der Waals surface area contributed by atoms with Crippen LogP contribution in [0.2, 0.25) is 0 Å². The molecule has 1 aliphatic heterocycles. The van der Waals surface area contributed by atoms with E-state index < -0.39 is 4.65 Å². The molecule has 1 aromatic carbocycles. The van der Waals surface area contributed by atoms with Gasteiger partial charge >= 0.3 is 0 Å². The average Bonchev–Trinajstić information content (AvgIpc) is 3.09. The molecule has 1 aromatic heterocycles. The number of hydrogen-bond acceptors (Lipinski definition) is 5. The topological polar surface area (TPSA) is 51.2 Å². The third-order valence-electron chi connectivity index (χ3n) is 3.81. The van der Waals surface area contributed by atoms with Crippen molar-refractivity contribution in [3.63, 3.8) is 0 Å². The molecule has 0 spiro atoms. The molecule has 5 nitrogen and oxygen atoms in total. The molecule has 2 unspecified atom stereocenters. The van der Waals surface area contributed by atoms with Crippen molar-refractivity contribution >= 4 is 54.2 Å². The van der Waals surface area contributed by atoms with Crippen LogP contribution in [0.25, 0.3) is 10.2 Å². The van der Waals surface area contributed by atoms with Crippen LogP contribution < -0.4 is 9.96 Å². The Morgan fingerprint density at radius 3 is 3.13 bits per heavy atom. The van der Waals surface area contributed by atoms with Crippen molar-refractivity contribution in [3.8, 4) is 12.3 Å². The highest BCUT2D eigenvalue weighted by atomic mass is 79.9. The van der Waals surface area contributed by atoms with Crippen LogP contribution in [0.4, 0.5) is 5.13 Å². The number of rotatable bonds is 5. The number of nitrogens with one attached hydrogen (secondary N) is 1. The predicted molar refractivity (Wildman–Crippen MR) is 100 cm³/mol. The van der Waals surface area contributed by atoms with E-state index in [0.29, 0.717) is 37.3 Å². The van der Waals surface area contributed by atoms with Gasteiger partial charge in [0, 0.05) is 16.9 Å². The number of hydrogen-bond donors (Lipinski definition) is 1. The van der Waals surface area contributed by atoms with Gasteiger partial charge in [0.25, 0.3) is 5.13 Å². The van der Waals surface area contributed by atoms with Gasteiger partial charge in [0.1, 0.15) is 6.67 Å². The van der Waals surface area contributed by atoms with Crippen molar-refractivity contribution in [3.05, 3.63) is 27.9 Å². The second-order valence-electron chi connectivity index (χ2n) is 5.40. The van der Waals surface area contributed by atoms with Crippen molar-refractivity contribution in [1.29, 1.82) is 0 Å². The Bertz CT molecular complexity index is 749.